The van der Waals surface area contributed by atoms with Crippen LogP contribution in [0.25, 0.3) is 0 Å². The lowest BCUT2D eigenvalue weighted by Crippen LogP contribution is -2.35. The largest absolute Gasteiger partial charge is 0.377 e. The number of rotatable bonds is 5. The van der Waals surface area contributed by atoms with E-state index in [2.05, 4.69) is 10.6 Å². The Bertz CT molecular complexity index is 606. The van der Waals surface area contributed by atoms with E-state index >= 15 is 0 Å². The Kier molecular flexibility index (Phi) is 5.33. The van der Waals surface area contributed by atoms with Gasteiger partial charge in [0.15, 0.2) is 0 Å². The quantitative estimate of drug-likeness (QED) is 0.630. The molecule has 0 unspecified atom stereocenters. The van der Waals surface area contributed by atoms with Gasteiger partial charge in [-0.25, -0.2) is 0 Å². The molecule has 0 spiro atoms. The van der Waals surface area contributed by atoms with Crippen molar-refractivity contribution in [3.05, 3.63) is 33.9 Å². The van der Waals surface area contributed by atoms with Crippen molar-refractivity contribution in [3.8, 4) is 0 Å². The summed E-state index contributed by atoms with van der Waals surface area (Å²) in [6, 6.07) is 5.24. The molecule has 1 aromatic carbocycles. The van der Waals surface area contributed by atoms with Crippen LogP contribution in [0.15, 0.2) is 18.2 Å². The second-order valence-electron chi connectivity index (χ2n) is 6.92. The Balaban J connectivity index is 1.69. The topological polar surface area (TPSA) is 84.3 Å². The van der Waals surface area contributed by atoms with Crippen LogP contribution in [0.5, 0.6) is 0 Å². The van der Waals surface area contributed by atoms with Gasteiger partial charge in [-0.3, -0.25) is 14.9 Å². The summed E-state index contributed by atoms with van der Waals surface area (Å²) in [5.41, 5.74) is 0.849. The zero-order valence-corrected chi connectivity index (χ0v) is 13.9. The van der Waals surface area contributed by atoms with Crippen LogP contribution in [-0.2, 0) is 0 Å². The lowest BCUT2D eigenvalue weighted by Gasteiger charge is -2.21. The third kappa shape index (κ3) is 4.46. The Labute approximate surface area is 142 Å². The van der Waals surface area contributed by atoms with Crippen LogP contribution in [0.2, 0.25) is 0 Å². The van der Waals surface area contributed by atoms with Crippen LogP contribution in [-0.4, -0.2) is 22.9 Å². The highest BCUT2D eigenvalue weighted by Gasteiger charge is 2.26. The van der Waals surface area contributed by atoms with Crippen molar-refractivity contribution in [1.29, 1.82) is 0 Å². The van der Waals surface area contributed by atoms with Crippen molar-refractivity contribution in [2.75, 3.05) is 5.32 Å². The van der Waals surface area contributed by atoms with Crippen LogP contribution >= 0.6 is 0 Å². The number of benzene rings is 1. The standard InChI is InChI=1S/C18H25N3O3/c22-18(20-14-6-4-2-1-3-5-7-14)13-8-11-16(19-15-9-10-15)17(12-13)21(23)24/h8,11-12,14-15,19H,1-7,9-10H2,(H,20,22). The number of hydrogen-bond acceptors (Lipinski definition) is 4. The summed E-state index contributed by atoms with van der Waals surface area (Å²) < 4.78 is 0. The molecule has 24 heavy (non-hydrogen) atoms. The van der Waals surface area contributed by atoms with Crippen molar-refractivity contribution >= 4 is 17.3 Å². The predicted molar refractivity (Wildman–Crippen MR) is 93.3 cm³/mol. The molecule has 1 amide bonds. The first kappa shape index (κ1) is 16.7. The highest BCUT2D eigenvalue weighted by molar-refractivity contribution is 5.96. The maximum Gasteiger partial charge on any atom is 0.293 e. The maximum atomic E-state index is 12.5. The normalized spacial score (nSPS) is 19.2. The zero-order chi connectivity index (χ0) is 16.9. The van der Waals surface area contributed by atoms with Gasteiger partial charge in [0.2, 0.25) is 0 Å². The minimum atomic E-state index is -0.419. The van der Waals surface area contributed by atoms with E-state index in [1.54, 1.807) is 12.1 Å². The average molecular weight is 331 g/mol. The van der Waals surface area contributed by atoms with Gasteiger partial charge in [-0.1, -0.05) is 32.1 Å². The summed E-state index contributed by atoms with van der Waals surface area (Å²) in [4.78, 5) is 23.4. The van der Waals surface area contributed by atoms with Gasteiger partial charge in [-0.15, -0.1) is 0 Å². The number of nitro groups is 1. The van der Waals surface area contributed by atoms with Gasteiger partial charge in [-0.2, -0.15) is 0 Å². The molecule has 2 N–H and O–H groups in total. The molecule has 130 valence electrons. The molecule has 0 aromatic heterocycles. The molecule has 0 aliphatic heterocycles. The highest BCUT2D eigenvalue weighted by Crippen LogP contribution is 2.31. The molecule has 6 heteroatoms. The summed E-state index contributed by atoms with van der Waals surface area (Å²) in [7, 11) is 0. The smallest absolute Gasteiger partial charge is 0.293 e. The van der Waals surface area contributed by atoms with Gasteiger partial charge in [0, 0.05) is 23.7 Å². The number of hydrogen-bond donors (Lipinski definition) is 2. The summed E-state index contributed by atoms with van der Waals surface area (Å²) in [6.45, 7) is 0. The molecule has 0 heterocycles. The molecule has 0 radical (unpaired) electrons. The number of anilines is 1. The Hall–Kier alpha value is -2.11. The molecule has 2 aliphatic carbocycles. The third-order valence-corrected chi connectivity index (χ3v) is 4.83. The molecular formula is C18H25N3O3. The van der Waals surface area contributed by atoms with Crippen LogP contribution in [0.1, 0.15) is 68.1 Å². The van der Waals surface area contributed by atoms with Crippen LogP contribution in [0.3, 0.4) is 0 Å². The summed E-state index contributed by atoms with van der Waals surface area (Å²) in [5.74, 6) is -0.207. The van der Waals surface area contributed by atoms with Gasteiger partial charge in [-0.05, 0) is 37.8 Å². The molecular weight excluding hydrogens is 306 g/mol. The number of amides is 1. The van der Waals surface area contributed by atoms with Crippen LogP contribution in [0.4, 0.5) is 11.4 Å². The second kappa shape index (κ2) is 7.64. The van der Waals surface area contributed by atoms with E-state index in [1.165, 1.54) is 25.3 Å². The van der Waals surface area contributed by atoms with E-state index in [4.69, 9.17) is 0 Å². The second-order valence-corrected chi connectivity index (χ2v) is 6.92. The molecule has 3 rings (SSSR count). The van der Waals surface area contributed by atoms with E-state index in [0.29, 0.717) is 17.3 Å². The highest BCUT2D eigenvalue weighted by atomic mass is 16.6. The van der Waals surface area contributed by atoms with Crippen molar-refractivity contribution in [3.63, 3.8) is 0 Å². The van der Waals surface area contributed by atoms with Crippen molar-refractivity contribution < 1.29 is 9.72 Å². The van der Waals surface area contributed by atoms with Gasteiger partial charge >= 0.3 is 0 Å². The SMILES string of the molecule is O=C(NC1CCCCCCC1)c1ccc(NC2CC2)c([N+](=O)[O-])c1. The molecule has 0 saturated heterocycles. The van der Waals surface area contributed by atoms with Gasteiger partial charge in [0.05, 0.1) is 4.92 Å². The lowest BCUT2D eigenvalue weighted by atomic mass is 9.96. The number of nitro benzene ring substituents is 1. The Morgan fingerprint density at radius 2 is 1.67 bits per heavy atom. The fourth-order valence-corrected chi connectivity index (χ4v) is 3.26. The van der Waals surface area contributed by atoms with Crippen LogP contribution in [0, 0.1) is 10.1 Å². The van der Waals surface area contributed by atoms with Crippen molar-refractivity contribution in [2.45, 2.75) is 69.9 Å². The number of nitrogens with one attached hydrogen (secondary N) is 2. The molecule has 2 fully saturated rings. The number of carbonyl (C=O) groups is 1. The van der Waals surface area contributed by atoms with E-state index < -0.39 is 4.92 Å². The average Bonchev–Trinajstić information content (AvgIpc) is 3.34. The number of carbonyl (C=O) groups excluding carboxylic acids is 1. The molecule has 6 nitrogen and oxygen atoms in total. The summed E-state index contributed by atoms with van der Waals surface area (Å²) >= 11 is 0. The molecule has 0 atom stereocenters. The molecule has 1 aromatic rings. The fourth-order valence-electron chi connectivity index (χ4n) is 3.26. The van der Waals surface area contributed by atoms with E-state index in [1.807, 2.05) is 0 Å². The van der Waals surface area contributed by atoms with Crippen molar-refractivity contribution in [2.24, 2.45) is 0 Å². The molecule has 2 saturated carbocycles. The van der Waals surface area contributed by atoms with Gasteiger partial charge in [0.1, 0.15) is 5.69 Å². The van der Waals surface area contributed by atoms with Crippen LogP contribution < -0.4 is 10.6 Å². The zero-order valence-electron chi connectivity index (χ0n) is 13.9. The van der Waals surface area contributed by atoms with E-state index in [0.717, 1.165) is 38.5 Å². The van der Waals surface area contributed by atoms with E-state index in [-0.39, 0.29) is 17.6 Å². The van der Waals surface area contributed by atoms with Gasteiger partial charge in [0.25, 0.3) is 11.6 Å². The Morgan fingerprint density at radius 1 is 1.00 bits per heavy atom. The minimum Gasteiger partial charge on any atom is -0.377 e. The first-order valence-electron chi connectivity index (χ1n) is 8.99. The summed E-state index contributed by atoms with van der Waals surface area (Å²) in [6.07, 6.45) is 10.1. The molecule has 2 aliphatic rings. The van der Waals surface area contributed by atoms with Crippen molar-refractivity contribution in [1.82, 2.24) is 5.32 Å². The third-order valence-electron chi connectivity index (χ3n) is 4.83. The molecule has 0 bridgehead atoms. The van der Waals surface area contributed by atoms with Gasteiger partial charge < -0.3 is 10.6 Å². The minimum absolute atomic E-state index is 0.0211. The maximum absolute atomic E-state index is 12.5. The summed E-state index contributed by atoms with van der Waals surface area (Å²) in [5, 5.41) is 17.5. The Morgan fingerprint density at radius 3 is 2.29 bits per heavy atom. The first-order valence-corrected chi connectivity index (χ1v) is 8.99. The number of nitrogens with zero attached hydrogens (tertiary/aromatic N) is 1. The monoisotopic (exact) mass is 331 g/mol. The first-order chi connectivity index (χ1) is 11.6. The van der Waals surface area contributed by atoms with E-state index in [9.17, 15) is 14.9 Å². The lowest BCUT2D eigenvalue weighted by molar-refractivity contribution is -0.384. The predicted octanol–water partition coefficient (Wildman–Crippen LogP) is 4.01. The fraction of sp³-hybridized carbons (Fsp3) is 0.611.